The molecule has 0 spiro atoms. The van der Waals surface area contributed by atoms with Gasteiger partial charge in [0.2, 0.25) is 0 Å². The lowest BCUT2D eigenvalue weighted by Gasteiger charge is -2.34. The summed E-state index contributed by atoms with van der Waals surface area (Å²) >= 11 is 0. The number of amides is 1. The van der Waals surface area contributed by atoms with Crippen molar-refractivity contribution in [2.45, 2.75) is 32.2 Å². The average Bonchev–Trinajstić information content (AvgIpc) is 2.53. The summed E-state index contributed by atoms with van der Waals surface area (Å²) in [6.45, 7) is 4.69. The maximum absolute atomic E-state index is 12.7. The molecule has 0 aromatic heterocycles. The maximum Gasteiger partial charge on any atom is 0.335 e. The summed E-state index contributed by atoms with van der Waals surface area (Å²) in [5, 5.41) is 12.2. The minimum atomic E-state index is -0.974. The number of carboxylic acid groups (broad SMARTS) is 1. The van der Waals surface area contributed by atoms with E-state index in [1.165, 1.54) is 12.1 Å². The summed E-state index contributed by atoms with van der Waals surface area (Å²) in [5.74, 6) is -0.974. The van der Waals surface area contributed by atoms with Crippen LogP contribution in [-0.2, 0) is 0 Å². The first-order valence-corrected chi connectivity index (χ1v) is 7.48. The van der Waals surface area contributed by atoms with Crippen LogP contribution in [0.2, 0.25) is 0 Å². The highest BCUT2D eigenvalue weighted by atomic mass is 16.4. The van der Waals surface area contributed by atoms with Gasteiger partial charge in [-0.3, -0.25) is 4.79 Å². The van der Waals surface area contributed by atoms with Gasteiger partial charge >= 0.3 is 5.97 Å². The number of nitrogens with one attached hydrogen (secondary N) is 1. The van der Waals surface area contributed by atoms with E-state index >= 15 is 0 Å². The predicted molar refractivity (Wildman–Crippen MR) is 80.6 cm³/mol. The second kappa shape index (κ2) is 7.22. The van der Waals surface area contributed by atoms with Crippen molar-refractivity contribution in [3.63, 3.8) is 0 Å². The Hall–Kier alpha value is -1.88. The molecule has 5 nitrogen and oxygen atoms in total. The number of benzene rings is 1. The first-order valence-electron chi connectivity index (χ1n) is 7.48. The van der Waals surface area contributed by atoms with Gasteiger partial charge in [-0.2, -0.15) is 0 Å². The monoisotopic (exact) mass is 290 g/mol. The van der Waals surface area contributed by atoms with Gasteiger partial charge in [-0.1, -0.05) is 6.92 Å². The largest absolute Gasteiger partial charge is 0.478 e. The van der Waals surface area contributed by atoms with Crippen LogP contribution >= 0.6 is 0 Å². The summed E-state index contributed by atoms with van der Waals surface area (Å²) < 4.78 is 0. The molecule has 1 amide bonds. The lowest BCUT2D eigenvalue weighted by molar-refractivity contribution is 0.0639. The minimum Gasteiger partial charge on any atom is -0.478 e. The molecule has 0 saturated carbocycles. The van der Waals surface area contributed by atoms with Crippen molar-refractivity contribution in [3.05, 3.63) is 35.4 Å². The van der Waals surface area contributed by atoms with Crippen molar-refractivity contribution in [2.24, 2.45) is 0 Å². The third-order valence-corrected chi connectivity index (χ3v) is 3.85. The Bertz CT molecular complexity index is 493. The molecular formula is C16H22N2O3. The van der Waals surface area contributed by atoms with E-state index < -0.39 is 5.97 Å². The number of rotatable bonds is 5. The number of carboxylic acids is 1. The summed E-state index contributed by atoms with van der Waals surface area (Å²) in [5.41, 5.74) is 0.766. The average molecular weight is 290 g/mol. The van der Waals surface area contributed by atoms with Crippen LogP contribution in [0.5, 0.6) is 0 Å². The van der Waals surface area contributed by atoms with Crippen molar-refractivity contribution in [1.29, 1.82) is 0 Å². The number of carbonyl (C=O) groups is 2. The van der Waals surface area contributed by atoms with E-state index in [1.807, 2.05) is 4.90 Å². The SMILES string of the molecule is CCCN(C(=O)c1ccc(C(=O)O)cc1)C1CCNCC1. The lowest BCUT2D eigenvalue weighted by atomic mass is 10.0. The van der Waals surface area contributed by atoms with Crippen LogP contribution in [0.15, 0.2) is 24.3 Å². The van der Waals surface area contributed by atoms with Crippen LogP contribution in [0.3, 0.4) is 0 Å². The van der Waals surface area contributed by atoms with E-state index in [0.717, 1.165) is 38.9 Å². The second-order valence-corrected chi connectivity index (χ2v) is 5.36. The third-order valence-electron chi connectivity index (χ3n) is 3.85. The van der Waals surface area contributed by atoms with Crippen molar-refractivity contribution >= 4 is 11.9 Å². The van der Waals surface area contributed by atoms with Gasteiger partial charge in [-0.15, -0.1) is 0 Å². The zero-order valence-electron chi connectivity index (χ0n) is 12.3. The van der Waals surface area contributed by atoms with Crippen molar-refractivity contribution in [2.75, 3.05) is 19.6 Å². The molecule has 0 bridgehead atoms. The molecule has 1 fully saturated rings. The third kappa shape index (κ3) is 3.82. The number of hydrogen-bond donors (Lipinski definition) is 2. The molecule has 0 radical (unpaired) electrons. The second-order valence-electron chi connectivity index (χ2n) is 5.36. The molecule has 0 unspecified atom stereocenters. The Morgan fingerprint density at radius 2 is 1.76 bits per heavy atom. The van der Waals surface area contributed by atoms with E-state index in [-0.39, 0.29) is 17.5 Å². The van der Waals surface area contributed by atoms with Gasteiger partial charge < -0.3 is 15.3 Å². The molecular weight excluding hydrogens is 268 g/mol. The maximum atomic E-state index is 12.7. The molecule has 114 valence electrons. The van der Waals surface area contributed by atoms with E-state index in [2.05, 4.69) is 12.2 Å². The highest BCUT2D eigenvalue weighted by molar-refractivity contribution is 5.96. The molecule has 1 aliphatic rings. The molecule has 1 aromatic rings. The Kier molecular flexibility index (Phi) is 5.33. The van der Waals surface area contributed by atoms with Crippen molar-refractivity contribution in [3.8, 4) is 0 Å². The van der Waals surface area contributed by atoms with Crippen molar-refractivity contribution < 1.29 is 14.7 Å². The van der Waals surface area contributed by atoms with Gasteiger partial charge in [0.05, 0.1) is 5.56 Å². The number of nitrogens with zero attached hydrogens (tertiary/aromatic N) is 1. The first kappa shape index (κ1) is 15.5. The molecule has 2 N–H and O–H groups in total. The Morgan fingerprint density at radius 3 is 2.29 bits per heavy atom. The van der Waals surface area contributed by atoms with Crippen LogP contribution in [0, 0.1) is 0 Å². The zero-order chi connectivity index (χ0) is 15.2. The Morgan fingerprint density at radius 1 is 1.19 bits per heavy atom. The smallest absolute Gasteiger partial charge is 0.335 e. The number of carbonyl (C=O) groups excluding carboxylic acids is 1. The van der Waals surface area contributed by atoms with Crippen LogP contribution in [0.25, 0.3) is 0 Å². The molecule has 1 saturated heterocycles. The summed E-state index contributed by atoms with van der Waals surface area (Å²) in [7, 11) is 0. The van der Waals surface area contributed by atoms with Gasteiger partial charge in [-0.25, -0.2) is 4.79 Å². The van der Waals surface area contributed by atoms with E-state index in [4.69, 9.17) is 5.11 Å². The molecule has 1 heterocycles. The van der Waals surface area contributed by atoms with Gasteiger partial charge in [0.15, 0.2) is 0 Å². The zero-order valence-corrected chi connectivity index (χ0v) is 12.3. The van der Waals surface area contributed by atoms with E-state index in [1.54, 1.807) is 12.1 Å². The fourth-order valence-electron chi connectivity index (χ4n) is 2.73. The Balaban J connectivity index is 2.14. The topological polar surface area (TPSA) is 69.6 Å². The number of aromatic carboxylic acids is 1. The fourth-order valence-corrected chi connectivity index (χ4v) is 2.73. The highest BCUT2D eigenvalue weighted by Gasteiger charge is 2.25. The summed E-state index contributed by atoms with van der Waals surface area (Å²) in [6.07, 6.45) is 2.86. The van der Waals surface area contributed by atoms with E-state index in [9.17, 15) is 9.59 Å². The van der Waals surface area contributed by atoms with Crippen LogP contribution in [0.1, 0.15) is 46.9 Å². The van der Waals surface area contributed by atoms with Gasteiger partial charge in [0.25, 0.3) is 5.91 Å². The molecule has 21 heavy (non-hydrogen) atoms. The quantitative estimate of drug-likeness (QED) is 0.870. The predicted octanol–water partition coefficient (Wildman–Crippen LogP) is 1.99. The Labute approximate surface area is 125 Å². The van der Waals surface area contributed by atoms with Crippen molar-refractivity contribution in [1.82, 2.24) is 10.2 Å². The summed E-state index contributed by atoms with van der Waals surface area (Å²) in [6, 6.07) is 6.47. The first-order chi connectivity index (χ1) is 10.1. The lowest BCUT2D eigenvalue weighted by Crippen LogP contribution is -2.46. The molecule has 0 aliphatic carbocycles. The van der Waals surface area contributed by atoms with Gasteiger partial charge in [0, 0.05) is 18.2 Å². The van der Waals surface area contributed by atoms with Gasteiger partial charge in [0.1, 0.15) is 0 Å². The number of piperidine rings is 1. The molecule has 2 rings (SSSR count). The standard InChI is InChI=1S/C16H22N2O3/c1-2-11-18(14-7-9-17-10-8-14)15(19)12-3-5-13(6-4-12)16(20)21/h3-6,14,17H,2,7-11H2,1H3,(H,20,21). The molecule has 1 aromatic carbocycles. The van der Waals surface area contributed by atoms with Gasteiger partial charge in [-0.05, 0) is 56.6 Å². The van der Waals surface area contributed by atoms with Crippen LogP contribution in [0.4, 0.5) is 0 Å². The number of hydrogen-bond acceptors (Lipinski definition) is 3. The van der Waals surface area contributed by atoms with Crippen LogP contribution < -0.4 is 5.32 Å². The minimum absolute atomic E-state index is 0.000638. The summed E-state index contributed by atoms with van der Waals surface area (Å²) in [4.78, 5) is 25.5. The highest BCUT2D eigenvalue weighted by Crippen LogP contribution is 2.17. The van der Waals surface area contributed by atoms with E-state index in [0.29, 0.717) is 5.56 Å². The molecule has 5 heteroatoms. The normalized spacial score (nSPS) is 15.7. The van der Waals surface area contributed by atoms with Crippen LogP contribution in [-0.4, -0.2) is 47.6 Å². The molecule has 0 atom stereocenters. The molecule has 1 aliphatic heterocycles. The fraction of sp³-hybridized carbons (Fsp3) is 0.500.